The van der Waals surface area contributed by atoms with Crippen molar-refractivity contribution in [1.29, 1.82) is 0 Å². The van der Waals surface area contributed by atoms with Gasteiger partial charge < -0.3 is 10.2 Å². The van der Waals surface area contributed by atoms with Gasteiger partial charge in [-0.3, -0.25) is 4.79 Å². The maximum Gasteiger partial charge on any atom is 0.246 e. The molecular weight excluding hydrogens is 376 g/mol. The second-order valence-corrected chi connectivity index (χ2v) is 9.60. The molecule has 1 aromatic heterocycles. The predicted molar refractivity (Wildman–Crippen MR) is 110 cm³/mol. The van der Waals surface area contributed by atoms with E-state index in [9.17, 15) is 13.2 Å². The van der Waals surface area contributed by atoms with E-state index in [1.165, 1.54) is 10.7 Å². The van der Waals surface area contributed by atoms with Gasteiger partial charge >= 0.3 is 0 Å². The van der Waals surface area contributed by atoms with Gasteiger partial charge in [-0.25, -0.2) is 13.4 Å². The van der Waals surface area contributed by atoms with E-state index < -0.39 is 10.0 Å². The maximum absolute atomic E-state index is 13.3. The number of rotatable bonds is 7. The lowest BCUT2D eigenvalue weighted by atomic mass is 9.97. The quantitative estimate of drug-likeness (QED) is 0.701. The number of aromatic nitrogens is 1. The van der Waals surface area contributed by atoms with Crippen LogP contribution in [0.5, 0.6) is 0 Å². The highest BCUT2D eigenvalue weighted by Gasteiger charge is 2.34. The molecule has 3 rings (SSSR count). The van der Waals surface area contributed by atoms with E-state index in [1.807, 2.05) is 0 Å². The fraction of sp³-hybridized carbons (Fsp3) is 0.700. The topological polar surface area (TPSA) is 82.6 Å². The van der Waals surface area contributed by atoms with Gasteiger partial charge in [-0.05, 0) is 50.7 Å². The van der Waals surface area contributed by atoms with Gasteiger partial charge in [-0.2, -0.15) is 4.31 Å². The summed E-state index contributed by atoms with van der Waals surface area (Å²) in [6.45, 7) is 5.24. The molecule has 0 aromatic carbocycles. The average Bonchev–Trinajstić information content (AvgIpc) is 2.74. The number of carbonyl (C=O) groups is 1. The summed E-state index contributed by atoms with van der Waals surface area (Å²) in [5.41, 5.74) is 0. The van der Waals surface area contributed by atoms with E-state index in [0.717, 1.165) is 38.8 Å². The monoisotopic (exact) mass is 408 g/mol. The minimum atomic E-state index is -3.61. The summed E-state index contributed by atoms with van der Waals surface area (Å²) in [6.07, 6.45) is 8.12. The van der Waals surface area contributed by atoms with Crippen molar-refractivity contribution in [2.24, 2.45) is 5.92 Å². The minimum Gasteiger partial charge on any atom is -0.356 e. The van der Waals surface area contributed by atoms with E-state index in [4.69, 9.17) is 0 Å². The van der Waals surface area contributed by atoms with Gasteiger partial charge in [0, 0.05) is 44.8 Å². The molecule has 28 heavy (non-hydrogen) atoms. The molecule has 156 valence electrons. The van der Waals surface area contributed by atoms with Crippen LogP contribution in [0.15, 0.2) is 23.2 Å². The van der Waals surface area contributed by atoms with Crippen LogP contribution in [0.1, 0.15) is 51.9 Å². The van der Waals surface area contributed by atoms with Crippen LogP contribution in [-0.4, -0.2) is 56.3 Å². The Kier molecular flexibility index (Phi) is 7.29. The summed E-state index contributed by atoms with van der Waals surface area (Å²) in [6, 6.07) is 3.35. The van der Waals surface area contributed by atoms with Crippen LogP contribution in [0.2, 0.25) is 0 Å². The maximum atomic E-state index is 13.3. The van der Waals surface area contributed by atoms with E-state index >= 15 is 0 Å². The molecule has 0 bridgehead atoms. The smallest absolute Gasteiger partial charge is 0.246 e. The standard InChI is InChI=1S/C20H32N4O3S/c1-2-3-11-22-20(25)17-9-15-24(16-10-17)28(26,27)18-8-7-12-21-19(18)23-13-5-4-6-14-23/h7-8,12,17H,2-6,9-11,13-16H2,1H3,(H,22,25). The van der Waals surface area contributed by atoms with Crippen LogP contribution in [0.4, 0.5) is 5.82 Å². The van der Waals surface area contributed by atoms with Gasteiger partial charge in [-0.1, -0.05) is 13.3 Å². The van der Waals surface area contributed by atoms with E-state index in [-0.39, 0.29) is 11.8 Å². The SMILES string of the molecule is CCCCNC(=O)C1CCN(S(=O)(=O)c2cccnc2N2CCCCC2)CC1. The molecular formula is C20H32N4O3S. The number of nitrogens with zero attached hydrogens (tertiary/aromatic N) is 3. The number of anilines is 1. The van der Waals surface area contributed by atoms with Crippen molar-refractivity contribution in [2.45, 2.75) is 56.8 Å². The summed E-state index contributed by atoms with van der Waals surface area (Å²) in [7, 11) is -3.61. The highest BCUT2D eigenvalue weighted by molar-refractivity contribution is 7.89. The van der Waals surface area contributed by atoms with Gasteiger partial charge in [0.2, 0.25) is 15.9 Å². The first-order valence-corrected chi connectivity index (χ1v) is 12.0. The molecule has 2 aliphatic rings. The van der Waals surface area contributed by atoms with E-state index in [0.29, 0.717) is 43.2 Å². The number of sulfonamides is 1. The highest BCUT2D eigenvalue weighted by Crippen LogP contribution is 2.30. The number of piperidine rings is 2. The average molecular weight is 409 g/mol. The molecule has 0 radical (unpaired) electrons. The molecule has 0 spiro atoms. The second-order valence-electron chi connectivity index (χ2n) is 7.70. The Hall–Kier alpha value is -1.67. The van der Waals surface area contributed by atoms with Crippen molar-refractivity contribution >= 4 is 21.7 Å². The molecule has 0 atom stereocenters. The number of carbonyl (C=O) groups excluding carboxylic acids is 1. The summed E-state index contributed by atoms with van der Waals surface area (Å²) in [5, 5.41) is 2.97. The lowest BCUT2D eigenvalue weighted by Crippen LogP contribution is -2.43. The van der Waals surface area contributed by atoms with Crippen LogP contribution >= 0.6 is 0 Å². The Bertz CT molecular complexity index is 754. The third-order valence-electron chi connectivity index (χ3n) is 5.68. The Morgan fingerprint density at radius 3 is 2.57 bits per heavy atom. The van der Waals surface area contributed by atoms with Crippen molar-refractivity contribution in [3.8, 4) is 0 Å². The number of unbranched alkanes of at least 4 members (excludes halogenated alkanes) is 1. The first-order valence-electron chi connectivity index (χ1n) is 10.5. The predicted octanol–water partition coefficient (Wildman–Crippen LogP) is 2.39. The number of amides is 1. The lowest BCUT2D eigenvalue weighted by molar-refractivity contribution is -0.126. The van der Waals surface area contributed by atoms with Crippen molar-refractivity contribution in [3.63, 3.8) is 0 Å². The Balaban J connectivity index is 1.67. The summed E-state index contributed by atoms with van der Waals surface area (Å²) in [4.78, 5) is 19.1. The van der Waals surface area contributed by atoms with Gasteiger partial charge in [-0.15, -0.1) is 0 Å². The molecule has 0 unspecified atom stereocenters. The third-order valence-corrected chi connectivity index (χ3v) is 7.60. The fourth-order valence-corrected chi connectivity index (χ4v) is 5.59. The first kappa shape index (κ1) is 21.0. The first-order chi connectivity index (χ1) is 13.5. The van der Waals surface area contributed by atoms with Crippen molar-refractivity contribution < 1.29 is 13.2 Å². The van der Waals surface area contributed by atoms with Crippen LogP contribution in [-0.2, 0) is 14.8 Å². The number of hydrogen-bond donors (Lipinski definition) is 1. The molecule has 0 saturated carbocycles. The van der Waals surface area contributed by atoms with Crippen LogP contribution in [0.25, 0.3) is 0 Å². The zero-order chi connectivity index (χ0) is 20.0. The van der Waals surface area contributed by atoms with Gasteiger partial charge in [0.1, 0.15) is 10.7 Å². The molecule has 1 amide bonds. The Morgan fingerprint density at radius 2 is 1.89 bits per heavy atom. The van der Waals surface area contributed by atoms with Crippen LogP contribution < -0.4 is 10.2 Å². The van der Waals surface area contributed by atoms with Gasteiger partial charge in [0.05, 0.1) is 0 Å². The third kappa shape index (κ3) is 4.84. The summed E-state index contributed by atoms with van der Waals surface area (Å²) >= 11 is 0. The Morgan fingerprint density at radius 1 is 1.18 bits per heavy atom. The number of hydrogen-bond acceptors (Lipinski definition) is 5. The molecule has 0 aliphatic carbocycles. The minimum absolute atomic E-state index is 0.0564. The van der Waals surface area contributed by atoms with Crippen molar-refractivity contribution in [3.05, 3.63) is 18.3 Å². The van der Waals surface area contributed by atoms with Crippen molar-refractivity contribution in [2.75, 3.05) is 37.6 Å². The number of nitrogens with one attached hydrogen (secondary N) is 1. The summed E-state index contributed by atoms with van der Waals surface area (Å²) in [5.74, 6) is 0.529. The molecule has 8 heteroatoms. The van der Waals surface area contributed by atoms with Gasteiger partial charge in [0.25, 0.3) is 0 Å². The molecule has 1 N–H and O–H groups in total. The van der Waals surface area contributed by atoms with E-state index in [1.54, 1.807) is 18.3 Å². The second kappa shape index (κ2) is 9.69. The summed E-state index contributed by atoms with van der Waals surface area (Å²) < 4.78 is 28.1. The molecule has 7 nitrogen and oxygen atoms in total. The Labute approximate surface area is 168 Å². The lowest BCUT2D eigenvalue weighted by Gasteiger charge is -2.33. The normalized spacial score (nSPS) is 19.5. The van der Waals surface area contributed by atoms with Crippen LogP contribution in [0.3, 0.4) is 0 Å². The molecule has 2 fully saturated rings. The number of pyridine rings is 1. The zero-order valence-corrected chi connectivity index (χ0v) is 17.6. The molecule has 1 aromatic rings. The van der Waals surface area contributed by atoms with Crippen molar-refractivity contribution in [1.82, 2.24) is 14.6 Å². The van der Waals surface area contributed by atoms with Gasteiger partial charge in [0.15, 0.2) is 0 Å². The van der Waals surface area contributed by atoms with E-state index in [2.05, 4.69) is 22.1 Å². The fourth-order valence-electron chi connectivity index (χ4n) is 3.96. The zero-order valence-electron chi connectivity index (χ0n) is 16.8. The highest BCUT2D eigenvalue weighted by atomic mass is 32.2. The molecule has 2 saturated heterocycles. The molecule has 2 aliphatic heterocycles. The molecule has 3 heterocycles. The van der Waals surface area contributed by atoms with Crippen LogP contribution in [0, 0.1) is 5.92 Å². The largest absolute Gasteiger partial charge is 0.356 e.